The van der Waals surface area contributed by atoms with E-state index >= 15 is 0 Å². The normalized spacial score (nSPS) is 14.1. The van der Waals surface area contributed by atoms with Gasteiger partial charge in [-0.3, -0.25) is 14.8 Å². The van der Waals surface area contributed by atoms with Gasteiger partial charge in [0.1, 0.15) is 5.69 Å². The van der Waals surface area contributed by atoms with Gasteiger partial charge in [0.05, 0.1) is 12.2 Å². The van der Waals surface area contributed by atoms with Gasteiger partial charge in [-0.2, -0.15) is 0 Å². The minimum Gasteiger partial charge on any atom is -0.328 e. The van der Waals surface area contributed by atoms with Crippen LogP contribution in [0, 0.1) is 0 Å². The molecular formula is C15H15N3O. The Morgan fingerprint density at radius 2 is 1.84 bits per heavy atom. The Labute approximate surface area is 112 Å². The quantitative estimate of drug-likeness (QED) is 0.839. The lowest BCUT2D eigenvalue weighted by molar-refractivity contribution is 0.0721. The lowest BCUT2D eigenvalue weighted by Crippen LogP contribution is -2.33. The molecule has 0 N–H and O–H groups in total. The van der Waals surface area contributed by atoms with Crippen LogP contribution >= 0.6 is 0 Å². The summed E-state index contributed by atoms with van der Waals surface area (Å²) >= 11 is 0. The fourth-order valence-electron chi connectivity index (χ4n) is 2.06. The Morgan fingerprint density at radius 1 is 1.11 bits per heavy atom. The number of rotatable bonds is 4. The second-order valence-electron chi connectivity index (χ2n) is 4.70. The highest BCUT2D eigenvalue weighted by Crippen LogP contribution is 2.29. The summed E-state index contributed by atoms with van der Waals surface area (Å²) in [5.41, 5.74) is 1.42. The Kier molecular flexibility index (Phi) is 3.23. The molecule has 2 aromatic rings. The highest BCUT2D eigenvalue weighted by Gasteiger charge is 2.33. The molecule has 1 aliphatic rings. The lowest BCUT2D eigenvalue weighted by Gasteiger charge is -2.21. The maximum atomic E-state index is 12.5. The molecule has 4 heteroatoms. The molecule has 0 atom stereocenters. The topological polar surface area (TPSA) is 46.1 Å². The number of pyridine rings is 2. The van der Waals surface area contributed by atoms with Gasteiger partial charge in [-0.25, -0.2) is 0 Å². The minimum atomic E-state index is -0.00578. The zero-order chi connectivity index (χ0) is 13.1. The Balaban J connectivity index is 1.80. The highest BCUT2D eigenvalue weighted by atomic mass is 16.2. The summed E-state index contributed by atoms with van der Waals surface area (Å²) in [7, 11) is 0. The van der Waals surface area contributed by atoms with E-state index in [9.17, 15) is 4.79 Å². The molecule has 0 radical (unpaired) electrons. The van der Waals surface area contributed by atoms with Crippen LogP contribution in [0.3, 0.4) is 0 Å². The smallest absolute Gasteiger partial charge is 0.273 e. The predicted molar refractivity (Wildman–Crippen MR) is 71.4 cm³/mol. The molecule has 4 nitrogen and oxygen atoms in total. The first-order chi connectivity index (χ1) is 9.34. The monoisotopic (exact) mass is 253 g/mol. The van der Waals surface area contributed by atoms with Crippen molar-refractivity contribution in [2.24, 2.45) is 0 Å². The van der Waals surface area contributed by atoms with E-state index < -0.39 is 0 Å². The van der Waals surface area contributed by atoms with Gasteiger partial charge in [-0.15, -0.1) is 0 Å². The van der Waals surface area contributed by atoms with E-state index in [0.29, 0.717) is 18.3 Å². The molecule has 2 heterocycles. The summed E-state index contributed by atoms with van der Waals surface area (Å²) < 4.78 is 0. The Morgan fingerprint density at radius 3 is 2.42 bits per heavy atom. The molecule has 0 bridgehead atoms. The predicted octanol–water partition coefficient (Wildman–Crippen LogP) is 2.28. The van der Waals surface area contributed by atoms with E-state index in [0.717, 1.165) is 18.5 Å². The van der Waals surface area contributed by atoms with E-state index in [2.05, 4.69) is 9.97 Å². The van der Waals surface area contributed by atoms with E-state index in [1.54, 1.807) is 18.5 Å². The average molecular weight is 253 g/mol. The third-order valence-corrected chi connectivity index (χ3v) is 3.19. The molecule has 1 fully saturated rings. The minimum absolute atomic E-state index is 0.00578. The number of hydrogen-bond donors (Lipinski definition) is 0. The van der Waals surface area contributed by atoms with Crippen LogP contribution in [0.2, 0.25) is 0 Å². The van der Waals surface area contributed by atoms with Gasteiger partial charge >= 0.3 is 0 Å². The third kappa shape index (κ3) is 2.78. The number of aromatic nitrogens is 2. The molecule has 1 aliphatic carbocycles. The number of nitrogens with zero attached hydrogens (tertiary/aromatic N) is 3. The van der Waals surface area contributed by atoms with Crippen molar-refractivity contribution in [2.75, 3.05) is 0 Å². The maximum Gasteiger partial charge on any atom is 0.273 e. The average Bonchev–Trinajstić information content (AvgIpc) is 3.31. The van der Waals surface area contributed by atoms with Crippen LogP contribution in [0.15, 0.2) is 48.8 Å². The van der Waals surface area contributed by atoms with Crippen LogP contribution in [-0.2, 0) is 6.54 Å². The summed E-state index contributed by atoms with van der Waals surface area (Å²) in [6.45, 7) is 0.556. The molecule has 1 saturated carbocycles. The van der Waals surface area contributed by atoms with Crippen molar-refractivity contribution in [1.29, 1.82) is 0 Å². The van der Waals surface area contributed by atoms with Gasteiger partial charge in [0.2, 0.25) is 0 Å². The summed E-state index contributed by atoms with van der Waals surface area (Å²) in [6.07, 6.45) is 5.56. The molecule has 0 unspecified atom stereocenters. The molecular weight excluding hydrogens is 238 g/mol. The van der Waals surface area contributed by atoms with Crippen molar-refractivity contribution in [3.8, 4) is 0 Å². The van der Waals surface area contributed by atoms with Crippen molar-refractivity contribution < 1.29 is 4.79 Å². The van der Waals surface area contributed by atoms with E-state index in [4.69, 9.17) is 0 Å². The fourth-order valence-corrected chi connectivity index (χ4v) is 2.06. The van der Waals surface area contributed by atoms with Crippen LogP contribution in [0.4, 0.5) is 0 Å². The lowest BCUT2D eigenvalue weighted by atomic mass is 10.2. The molecule has 96 valence electrons. The van der Waals surface area contributed by atoms with Crippen LogP contribution in [0.25, 0.3) is 0 Å². The molecule has 0 saturated heterocycles. The maximum absolute atomic E-state index is 12.5. The first kappa shape index (κ1) is 11.8. The Hall–Kier alpha value is -2.23. The van der Waals surface area contributed by atoms with Crippen LogP contribution in [0.1, 0.15) is 29.0 Å². The second kappa shape index (κ2) is 5.18. The second-order valence-corrected chi connectivity index (χ2v) is 4.70. The van der Waals surface area contributed by atoms with Crippen LogP contribution in [-0.4, -0.2) is 26.8 Å². The number of carbonyl (C=O) groups is 1. The fraction of sp³-hybridized carbons (Fsp3) is 0.267. The zero-order valence-corrected chi connectivity index (χ0v) is 10.6. The van der Waals surface area contributed by atoms with Gasteiger partial charge in [0.15, 0.2) is 0 Å². The molecule has 0 spiro atoms. The first-order valence-electron chi connectivity index (χ1n) is 6.46. The number of hydrogen-bond acceptors (Lipinski definition) is 3. The summed E-state index contributed by atoms with van der Waals surface area (Å²) in [4.78, 5) is 22.8. The van der Waals surface area contributed by atoms with Crippen molar-refractivity contribution in [3.63, 3.8) is 0 Å². The summed E-state index contributed by atoms with van der Waals surface area (Å²) in [5, 5.41) is 0. The molecule has 3 rings (SSSR count). The standard InChI is InChI=1S/C15H15N3O/c19-15(14-6-2-4-10-17-14)18(13-7-8-13)11-12-5-1-3-9-16-12/h1-6,9-10,13H,7-8,11H2. The van der Waals surface area contributed by atoms with Crippen molar-refractivity contribution >= 4 is 5.91 Å². The highest BCUT2D eigenvalue weighted by molar-refractivity contribution is 5.92. The first-order valence-corrected chi connectivity index (χ1v) is 6.46. The van der Waals surface area contributed by atoms with Gasteiger partial charge in [-0.05, 0) is 37.1 Å². The van der Waals surface area contributed by atoms with E-state index in [1.807, 2.05) is 35.2 Å². The van der Waals surface area contributed by atoms with E-state index in [-0.39, 0.29) is 5.91 Å². The van der Waals surface area contributed by atoms with Gasteiger partial charge in [0.25, 0.3) is 5.91 Å². The third-order valence-electron chi connectivity index (χ3n) is 3.19. The van der Waals surface area contributed by atoms with Gasteiger partial charge in [-0.1, -0.05) is 12.1 Å². The van der Waals surface area contributed by atoms with Crippen molar-refractivity contribution in [2.45, 2.75) is 25.4 Å². The molecule has 0 aromatic carbocycles. The van der Waals surface area contributed by atoms with Gasteiger partial charge in [0, 0.05) is 18.4 Å². The molecule has 2 aromatic heterocycles. The zero-order valence-electron chi connectivity index (χ0n) is 10.6. The summed E-state index contributed by atoms with van der Waals surface area (Å²) in [6, 6.07) is 11.5. The van der Waals surface area contributed by atoms with Gasteiger partial charge < -0.3 is 4.90 Å². The summed E-state index contributed by atoms with van der Waals surface area (Å²) in [5.74, 6) is -0.00578. The van der Waals surface area contributed by atoms with E-state index in [1.165, 1.54) is 0 Å². The molecule has 1 amide bonds. The van der Waals surface area contributed by atoms with Crippen molar-refractivity contribution in [1.82, 2.24) is 14.9 Å². The largest absolute Gasteiger partial charge is 0.328 e. The Bertz CT molecular complexity index is 552. The van der Waals surface area contributed by atoms with Crippen LogP contribution in [0.5, 0.6) is 0 Å². The molecule has 0 aliphatic heterocycles. The molecule has 19 heavy (non-hydrogen) atoms. The van der Waals surface area contributed by atoms with Crippen LogP contribution < -0.4 is 0 Å². The number of carbonyl (C=O) groups excluding carboxylic acids is 1. The SMILES string of the molecule is O=C(c1ccccn1)N(Cc1ccccn1)C1CC1. The number of amides is 1. The van der Waals surface area contributed by atoms with Crippen molar-refractivity contribution in [3.05, 3.63) is 60.2 Å².